The molecule has 0 saturated carbocycles. The molecule has 0 unspecified atom stereocenters. The highest BCUT2D eigenvalue weighted by Crippen LogP contribution is 2.40. The van der Waals surface area contributed by atoms with Gasteiger partial charge in [-0.25, -0.2) is 5.01 Å². The number of halogens is 1. The Morgan fingerprint density at radius 2 is 1.87 bits per heavy atom. The van der Waals surface area contributed by atoms with Crippen molar-refractivity contribution in [3.8, 4) is 11.5 Å². The molecule has 1 atom stereocenters. The molecule has 0 bridgehead atoms. The molecule has 2 aromatic carbocycles. The number of hydrogen-bond acceptors (Lipinski definition) is 7. The fourth-order valence-corrected chi connectivity index (χ4v) is 5.14. The topological polar surface area (TPSA) is 83.9 Å². The lowest BCUT2D eigenvalue weighted by Gasteiger charge is -2.32. The zero-order chi connectivity index (χ0) is 27.9. The summed E-state index contributed by atoms with van der Waals surface area (Å²) >= 11 is 6.51. The third-order valence-electron chi connectivity index (χ3n) is 7.07. The second kappa shape index (κ2) is 13.3. The van der Waals surface area contributed by atoms with Crippen LogP contribution in [0.1, 0.15) is 37.4 Å². The van der Waals surface area contributed by atoms with Crippen molar-refractivity contribution in [1.82, 2.24) is 14.8 Å². The summed E-state index contributed by atoms with van der Waals surface area (Å²) in [6.07, 6.45) is 0.435. The Hall–Kier alpha value is -3.14. The fourth-order valence-electron chi connectivity index (χ4n) is 4.90. The average Bonchev–Trinajstić information content (AvgIpc) is 3.40. The van der Waals surface area contributed by atoms with Crippen LogP contribution in [0.15, 0.2) is 47.6 Å². The van der Waals surface area contributed by atoms with Crippen molar-refractivity contribution in [3.05, 3.63) is 58.6 Å². The molecule has 0 N–H and O–H groups in total. The van der Waals surface area contributed by atoms with Gasteiger partial charge in [-0.3, -0.25) is 14.5 Å². The molecule has 0 aliphatic carbocycles. The summed E-state index contributed by atoms with van der Waals surface area (Å²) in [6.45, 7) is 7.72. The number of ether oxygens (including phenoxy) is 3. The number of carbonyl (C=O) groups excluding carboxylic acids is 2. The van der Waals surface area contributed by atoms with Crippen molar-refractivity contribution in [2.24, 2.45) is 11.0 Å². The molecule has 10 heteroatoms. The Labute approximate surface area is 235 Å². The first kappa shape index (κ1) is 28.9. The smallest absolute Gasteiger partial charge is 0.262 e. The van der Waals surface area contributed by atoms with Crippen LogP contribution in [0.25, 0.3) is 0 Å². The largest absolute Gasteiger partial charge is 0.497 e. The van der Waals surface area contributed by atoms with Crippen LogP contribution in [0.4, 0.5) is 0 Å². The van der Waals surface area contributed by atoms with Crippen molar-refractivity contribution in [1.29, 1.82) is 0 Å². The number of carbonyl (C=O) groups is 2. The SMILES string of the molecule is COc1ccc(OC)c([C@H]2CC(c3ccccc3Cl)=NN2C(=O)CN(CCN2CCOCC2)C(=O)C(C)C)c1. The first-order valence-electron chi connectivity index (χ1n) is 13.3. The maximum Gasteiger partial charge on any atom is 0.262 e. The molecular formula is C29H37ClN4O5. The minimum absolute atomic E-state index is 0.0679. The third kappa shape index (κ3) is 6.90. The molecular weight excluding hydrogens is 520 g/mol. The minimum atomic E-state index is -0.455. The van der Waals surface area contributed by atoms with Crippen LogP contribution >= 0.6 is 11.6 Å². The van der Waals surface area contributed by atoms with Crippen LogP contribution in [-0.4, -0.2) is 92.5 Å². The molecule has 0 spiro atoms. The van der Waals surface area contributed by atoms with Gasteiger partial charge >= 0.3 is 0 Å². The predicted molar refractivity (Wildman–Crippen MR) is 150 cm³/mol. The summed E-state index contributed by atoms with van der Waals surface area (Å²) in [4.78, 5) is 31.0. The molecule has 2 aromatic rings. The molecule has 1 saturated heterocycles. The van der Waals surface area contributed by atoms with E-state index in [9.17, 15) is 9.59 Å². The fraction of sp³-hybridized carbons (Fsp3) is 0.483. The zero-order valence-corrected chi connectivity index (χ0v) is 23.8. The van der Waals surface area contributed by atoms with Crippen LogP contribution in [0.2, 0.25) is 5.02 Å². The van der Waals surface area contributed by atoms with E-state index in [1.54, 1.807) is 25.2 Å². The van der Waals surface area contributed by atoms with Gasteiger partial charge in [0.2, 0.25) is 5.91 Å². The van der Waals surface area contributed by atoms with Gasteiger partial charge in [-0.05, 0) is 24.3 Å². The predicted octanol–water partition coefficient (Wildman–Crippen LogP) is 3.85. The third-order valence-corrected chi connectivity index (χ3v) is 7.40. The Morgan fingerprint density at radius 3 is 2.54 bits per heavy atom. The lowest BCUT2D eigenvalue weighted by atomic mass is 9.97. The highest BCUT2D eigenvalue weighted by Gasteiger charge is 2.37. The van der Waals surface area contributed by atoms with E-state index in [-0.39, 0.29) is 24.3 Å². The van der Waals surface area contributed by atoms with Gasteiger partial charge < -0.3 is 19.1 Å². The van der Waals surface area contributed by atoms with E-state index in [1.807, 2.05) is 50.2 Å². The molecule has 4 rings (SSSR count). The van der Waals surface area contributed by atoms with Crippen molar-refractivity contribution in [2.75, 3.05) is 60.2 Å². The van der Waals surface area contributed by atoms with Gasteiger partial charge in [0.25, 0.3) is 5.91 Å². The molecule has 9 nitrogen and oxygen atoms in total. The summed E-state index contributed by atoms with van der Waals surface area (Å²) < 4.78 is 16.6. The van der Waals surface area contributed by atoms with Gasteiger partial charge in [-0.2, -0.15) is 5.10 Å². The average molecular weight is 557 g/mol. The quantitative estimate of drug-likeness (QED) is 0.442. The lowest BCUT2D eigenvalue weighted by molar-refractivity contribution is -0.143. The lowest BCUT2D eigenvalue weighted by Crippen LogP contribution is -2.47. The number of morpholine rings is 1. The second-order valence-electron chi connectivity index (χ2n) is 9.96. The van der Waals surface area contributed by atoms with Crippen molar-refractivity contribution < 1.29 is 23.8 Å². The molecule has 1 fully saturated rings. The molecule has 2 aliphatic rings. The normalized spacial score (nSPS) is 17.7. The molecule has 2 aliphatic heterocycles. The van der Waals surface area contributed by atoms with Crippen LogP contribution in [0.5, 0.6) is 11.5 Å². The molecule has 39 heavy (non-hydrogen) atoms. The second-order valence-corrected chi connectivity index (χ2v) is 10.4. The van der Waals surface area contributed by atoms with E-state index < -0.39 is 6.04 Å². The minimum Gasteiger partial charge on any atom is -0.497 e. The van der Waals surface area contributed by atoms with Crippen LogP contribution in [0, 0.1) is 5.92 Å². The number of hydrazone groups is 1. The standard InChI is InChI=1S/C29H37ClN4O5/c1-20(2)29(36)33(12-11-32-13-15-39-16-14-32)19-28(35)34-26(23-17-21(37-3)9-10-27(23)38-4)18-25(31-34)22-7-5-6-8-24(22)30/h5-10,17,20,26H,11-16,18-19H2,1-4H3/t26-/m1/s1. The van der Waals surface area contributed by atoms with E-state index in [1.165, 1.54) is 5.01 Å². The summed E-state index contributed by atoms with van der Waals surface area (Å²) in [5.41, 5.74) is 2.23. The number of methoxy groups -OCH3 is 2. The zero-order valence-electron chi connectivity index (χ0n) is 23.1. The first-order chi connectivity index (χ1) is 18.8. The molecule has 0 aromatic heterocycles. The van der Waals surface area contributed by atoms with Crippen LogP contribution in [0.3, 0.4) is 0 Å². The van der Waals surface area contributed by atoms with E-state index in [2.05, 4.69) is 4.90 Å². The van der Waals surface area contributed by atoms with E-state index >= 15 is 0 Å². The Morgan fingerprint density at radius 1 is 1.13 bits per heavy atom. The molecule has 2 heterocycles. The first-order valence-corrected chi connectivity index (χ1v) is 13.7. The summed E-state index contributed by atoms with van der Waals surface area (Å²) in [7, 11) is 3.19. The monoisotopic (exact) mass is 556 g/mol. The summed E-state index contributed by atoms with van der Waals surface area (Å²) in [5.74, 6) is 0.685. The maximum absolute atomic E-state index is 13.9. The number of amides is 2. The van der Waals surface area contributed by atoms with E-state index in [4.69, 9.17) is 30.9 Å². The maximum atomic E-state index is 13.9. The van der Waals surface area contributed by atoms with Gasteiger partial charge in [0.1, 0.15) is 18.0 Å². The van der Waals surface area contributed by atoms with Crippen LogP contribution < -0.4 is 9.47 Å². The van der Waals surface area contributed by atoms with E-state index in [0.717, 1.165) is 24.2 Å². The molecule has 210 valence electrons. The Kier molecular flexibility index (Phi) is 9.83. The Bertz CT molecular complexity index is 1200. The highest BCUT2D eigenvalue weighted by molar-refractivity contribution is 6.34. The summed E-state index contributed by atoms with van der Waals surface area (Å²) in [6, 6.07) is 12.5. The van der Waals surface area contributed by atoms with Gasteiger partial charge in [-0.1, -0.05) is 43.6 Å². The molecule has 2 amide bonds. The number of benzene rings is 2. The number of hydrogen-bond donors (Lipinski definition) is 0. The highest BCUT2D eigenvalue weighted by atomic mass is 35.5. The van der Waals surface area contributed by atoms with Crippen molar-refractivity contribution >= 4 is 29.1 Å². The van der Waals surface area contributed by atoms with Gasteiger partial charge in [0.15, 0.2) is 0 Å². The van der Waals surface area contributed by atoms with E-state index in [0.29, 0.717) is 55.0 Å². The number of nitrogens with zero attached hydrogens (tertiary/aromatic N) is 4. The van der Waals surface area contributed by atoms with Gasteiger partial charge in [-0.15, -0.1) is 0 Å². The van der Waals surface area contributed by atoms with Gasteiger partial charge in [0.05, 0.1) is 39.2 Å². The molecule has 0 radical (unpaired) electrons. The van der Waals surface area contributed by atoms with Gasteiger partial charge in [0, 0.05) is 54.7 Å². The van der Waals surface area contributed by atoms with Crippen molar-refractivity contribution in [2.45, 2.75) is 26.3 Å². The Balaban J connectivity index is 1.64. The summed E-state index contributed by atoms with van der Waals surface area (Å²) in [5, 5.41) is 6.81. The number of rotatable bonds is 10. The van der Waals surface area contributed by atoms with Crippen molar-refractivity contribution in [3.63, 3.8) is 0 Å². The van der Waals surface area contributed by atoms with Crippen LogP contribution in [-0.2, 0) is 14.3 Å².